The van der Waals surface area contributed by atoms with Gasteiger partial charge in [-0.1, -0.05) is 24.3 Å². The molecule has 0 saturated heterocycles. The summed E-state index contributed by atoms with van der Waals surface area (Å²) in [5.41, 5.74) is 9.67. The third-order valence-corrected chi connectivity index (χ3v) is 3.81. The number of nitrogens with zero attached hydrogens (tertiary/aromatic N) is 1. The van der Waals surface area contributed by atoms with E-state index in [0.29, 0.717) is 11.9 Å². The SMILES string of the molecule is COc1ccc(NC(N)=NCC2Cc3ccccc32)cc1. The number of nitrogens with two attached hydrogens (primary N) is 1. The van der Waals surface area contributed by atoms with E-state index in [2.05, 4.69) is 34.6 Å². The molecule has 108 valence electrons. The molecule has 0 aliphatic heterocycles. The highest BCUT2D eigenvalue weighted by Gasteiger charge is 2.24. The largest absolute Gasteiger partial charge is 0.497 e. The average Bonchev–Trinajstić information content (AvgIpc) is 2.49. The molecule has 0 radical (unpaired) electrons. The Kier molecular flexibility index (Phi) is 3.77. The second kappa shape index (κ2) is 5.87. The summed E-state index contributed by atoms with van der Waals surface area (Å²) in [6.45, 7) is 0.728. The molecule has 3 rings (SSSR count). The van der Waals surface area contributed by atoms with Gasteiger partial charge < -0.3 is 15.8 Å². The fourth-order valence-electron chi connectivity index (χ4n) is 2.60. The first-order valence-corrected chi connectivity index (χ1v) is 7.05. The summed E-state index contributed by atoms with van der Waals surface area (Å²) in [4.78, 5) is 4.43. The molecule has 0 bridgehead atoms. The number of nitrogens with one attached hydrogen (secondary N) is 1. The number of ether oxygens (including phenoxy) is 1. The van der Waals surface area contributed by atoms with Gasteiger partial charge >= 0.3 is 0 Å². The van der Waals surface area contributed by atoms with Gasteiger partial charge in [0.25, 0.3) is 0 Å². The van der Waals surface area contributed by atoms with E-state index in [1.165, 1.54) is 11.1 Å². The van der Waals surface area contributed by atoms with E-state index in [4.69, 9.17) is 10.5 Å². The van der Waals surface area contributed by atoms with Crippen molar-refractivity contribution in [1.82, 2.24) is 0 Å². The molecule has 0 aromatic heterocycles. The van der Waals surface area contributed by atoms with Crippen LogP contribution in [-0.4, -0.2) is 19.6 Å². The van der Waals surface area contributed by atoms with Crippen LogP contribution < -0.4 is 15.8 Å². The van der Waals surface area contributed by atoms with E-state index in [1.54, 1.807) is 7.11 Å². The molecular weight excluding hydrogens is 262 g/mol. The Hall–Kier alpha value is -2.49. The lowest BCUT2D eigenvalue weighted by Crippen LogP contribution is -2.26. The summed E-state index contributed by atoms with van der Waals surface area (Å²) in [5.74, 6) is 1.77. The van der Waals surface area contributed by atoms with Crippen molar-refractivity contribution in [3.63, 3.8) is 0 Å². The summed E-state index contributed by atoms with van der Waals surface area (Å²) in [5, 5.41) is 3.09. The van der Waals surface area contributed by atoms with Crippen LogP contribution in [0.4, 0.5) is 5.69 Å². The molecule has 0 heterocycles. The van der Waals surface area contributed by atoms with Crippen LogP contribution in [0.2, 0.25) is 0 Å². The first-order valence-electron chi connectivity index (χ1n) is 7.05. The van der Waals surface area contributed by atoms with E-state index in [1.807, 2.05) is 24.3 Å². The summed E-state index contributed by atoms with van der Waals surface area (Å²) < 4.78 is 5.12. The van der Waals surface area contributed by atoms with E-state index in [9.17, 15) is 0 Å². The normalized spacial score (nSPS) is 16.8. The number of hydrogen-bond donors (Lipinski definition) is 2. The lowest BCUT2D eigenvalue weighted by Gasteiger charge is -2.28. The predicted octanol–water partition coefficient (Wildman–Crippen LogP) is 2.76. The summed E-state index contributed by atoms with van der Waals surface area (Å²) in [6.07, 6.45) is 1.09. The Morgan fingerprint density at radius 2 is 2.00 bits per heavy atom. The smallest absolute Gasteiger partial charge is 0.193 e. The van der Waals surface area contributed by atoms with E-state index < -0.39 is 0 Å². The number of guanidine groups is 1. The number of fused-ring (bicyclic) bond motifs is 1. The van der Waals surface area contributed by atoms with Crippen LogP contribution in [0.3, 0.4) is 0 Å². The molecule has 1 aliphatic carbocycles. The van der Waals surface area contributed by atoms with Crippen LogP contribution in [0.25, 0.3) is 0 Å². The van der Waals surface area contributed by atoms with Crippen molar-refractivity contribution in [1.29, 1.82) is 0 Å². The van der Waals surface area contributed by atoms with Gasteiger partial charge in [0.05, 0.1) is 7.11 Å². The number of anilines is 1. The maximum atomic E-state index is 5.93. The van der Waals surface area contributed by atoms with Crippen LogP contribution >= 0.6 is 0 Å². The van der Waals surface area contributed by atoms with Crippen molar-refractivity contribution >= 4 is 11.6 Å². The van der Waals surface area contributed by atoms with Gasteiger partial charge in [-0.3, -0.25) is 4.99 Å². The Bertz CT molecular complexity index is 649. The van der Waals surface area contributed by atoms with Crippen LogP contribution in [0.5, 0.6) is 5.75 Å². The Labute approximate surface area is 124 Å². The second-order valence-electron chi connectivity index (χ2n) is 5.18. The van der Waals surface area contributed by atoms with Crippen molar-refractivity contribution in [3.8, 4) is 5.75 Å². The lowest BCUT2D eigenvalue weighted by atomic mass is 9.78. The summed E-state index contributed by atoms with van der Waals surface area (Å²) >= 11 is 0. The highest BCUT2D eigenvalue weighted by atomic mass is 16.5. The zero-order chi connectivity index (χ0) is 14.7. The highest BCUT2D eigenvalue weighted by molar-refractivity contribution is 5.92. The number of aliphatic imine (C=N–C) groups is 1. The van der Waals surface area contributed by atoms with Crippen molar-refractivity contribution in [3.05, 3.63) is 59.7 Å². The molecule has 2 aromatic rings. The third-order valence-electron chi connectivity index (χ3n) is 3.81. The molecule has 0 spiro atoms. The monoisotopic (exact) mass is 281 g/mol. The van der Waals surface area contributed by atoms with E-state index in [0.717, 1.165) is 24.4 Å². The van der Waals surface area contributed by atoms with Gasteiger partial charge in [0, 0.05) is 18.2 Å². The number of hydrogen-bond acceptors (Lipinski definition) is 2. The fourth-order valence-corrected chi connectivity index (χ4v) is 2.60. The first kappa shape index (κ1) is 13.5. The minimum atomic E-state index is 0.449. The summed E-state index contributed by atoms with van der Waals surface area (Å²) in [6, 6.07) is 16.1. The second-order valence-corrected chi connectivity index (χ2v) is 5.18. The summed E-state index contributed by atoms with van der Waals surface area (Å²) in [7, 11) is 1.65. The molecule has 1 atom stereocenters. The van der Waals surface area contributed by atoms with Crippen LogP contribution in [0.15, 0.2) is 53.5 Å². The minimum Gasteiger partial charge on any atom is -0.497 e. The minimum absolute atomic E-state index is 0.449. The molecular formula is C17H19N3O. The zero-order valence-electron chi connectivity index (χ0n) is 12.0. The third kappa shape index (κ3) is 2.99. The maximum Gasteiger partial charge on any atom is 0.193 e. The Morgan fingerprint density at radius 3 is 2.71 bits per heavy atom. The lowest BCUT2D eigenvalue weighted by molar-refractivity contribution is 0.415. The van der Waals surface area contributed by atoms with Crippen molar-refractivity contribution < 1.29 is 4.74 Å². The maximum absolute atomic E-state index is 5.93. The molecule has 1 unspecified atom stereocenters. The molecule has 3 N–H and O–H groups in total. The molecule has 2 aromatic carbocycles. The first-order chi connectivity index (χ1) is 10.3. The molecule has 0 amide bonds. The van der Waals surface area contributed by atoms with Crippen LogP contribution in [0, 0.1) is 0 Å². The zero-order valence-corrected chi connectivity index (χ0v) is 12.0. The standard InChI is InChI=1S/C17H19N3O/c1-21-15-8-6-14(7-9-15)20-17(18)19-11-13-10-12-4-2-3-5-16(12)13/h2-9,13H,10-11H2,1H3,(H3,18,19,20). The van der Waals surface area contributed by atoms with Gasteiger partial charge in [-0.15, -0.1) is 0 Å². The Morgan fingerprint density at radius 1 is 1.24 bits per heavy atom. The van der Waals surface area contributed by atoms with Gasteiger partial charge in [0.1, 0.15) is 5.75 Å². The molecule has 21 heavy (non-hydrogen) atoms. The van der Waals surface area contributed by atoms with E-state index >= 15 is 0 Å². The predicted molar refractivity (Wildman–Crippen MR) is 86.0 cm³/mol. The van der Waals surface area contributed by atoms with Gasteiger partial charge in [-0.05, 0) is 41.8 Å². The van der Waals surface area contributed by atoms with Gasteiger partial charge in [0.15, 0.2) is 5.96 Å². The van der Waals surface area contributed by atoms with Crippen LogP contribution in [0.1, 0.15) is 17.0 Å². The number of benzene rings is 2. The molecule has 0 saturated carbocycles. The van der Waals surface area contributed by atoms with E-state index in [-0.39, 0.29) is 0 Å². The van der Waals surface area contributed by atoms with Crippen molar-refractivity contribution in [2.45, 2.75) is 12.3 Å². The van der Waals surface area contributed by atoms with Crippen LogP contribution in [-0.2, 0) is 6.42 Å². The molecule has 0 fully saturated rings. The van der Waals surface area contributed by atoms with Gasteiger partial charge in [0.2, 0.25) is 0 Å². The number of rotatable bonds is 4. The number of methoxy groups -OCH3 is 1. The fraction of sp³-hybridized carbons (Fsp3) is 0.235. The van der Waals surface area contributed by atoms with Crippen molar-refractivity contribution in [2.75, 3.05) is 19.0 Å². The Balaban J connectivity index is 1.57. The quantitative estimate of drug-likeness (QED) is 0.669. The molecule has 1 aliphatic rings. The molecule has 4 heteroatoms. The topological polar surface area (TPSA) is 59.6 Å². The van der Waals surface area contributed by atoms with Gasteiger partial charge in [-0.2, -0.15) is 0 Å². The van der Waals surface area contributed by atoms with Gasteiger partial charge in [-0.25, -0.2) is 0 Å². The van der Waals surface area contributed by atoms with Crippen molar-refractivity contribution in [2.24, 2.45) is 10.7 Å². The highest BCUT2D eigenvalue weighted by Crippen LogP contribution is 2.34. The average molecular weight is 281 g/mol. The molecule has 4 nitrogen and oxygen atoms in total.